The van der Waals surface area contributed by atoms with Crippen molar-refractivity contribution >= 4 is 5.57 Å². The average molecular weight is 372 g/mol. The summed E-state index contributed by atoms with van der Waals surface area (Å²) >= 11 is 0. The van der Waals surface area contributed by atoms with E-state index in [1.807, 2.05) is 55.5 Å². The minimum Gasteiger partial charge on any atom is -0.265 e. The van der Waals surface area contributed by atoms with Gasteiger partial charge in [0.15, 0.2) is 0 Å². The molecule has 0 amide bonds. The highest BCUT2D eigenvalue weighted by Crippen LogP contribution is 2.22. The molecule has 1 aromatic carbocycles. The van der Waals surface area contributed by atoms with Crippen molar-refractivity contribution in [2.45, 2.75) is 28.2 Å². The quantitative estimate of drug-likeness (QED) is 0.469. The van der Waals surface area contributed by atoms with E-state index in [1.54, 1.807) is 12.4 Å². The Bertz CT molecular complexity index is 788. The lowest BCUT2D eigenvalue weighted by atomic mass is 9.98. The van der Waals surface area contributed by atoms with Gasteiger partial charge in [-0.3, -0.25) is 4.98 Å². The van der Waals surface area contributed by atoms with Crippen LogP contribution in [0.4, 0.5) is 0 Å². The predicted molar refractivity (Wildman–Crippen MR) is 127 cm³/mol. The van der Waals surface area contributed by atoms with Gasteiger partial charge in [0.1, 0.15) is 0 Å². The Balaban J connectivity index is 0.000000884. The number of pyridine rings is 1. The van der Waals surface area contributed by atoms with E-state index in [2.05, 4.69) is 68.4 Å². The van der Waals surface area contributed by atoms with Crippen molar-refractivity contribution in [3.8, 4) is 0 Å². The lowest BCUT2D eigenvalue weighted by molar-refractivity contribution is 1.33. The number of rotatable bonds is 6. The van der Waals surface area contributed by atoms with Crippen molar-refractivity contribution < 1.29 is 0 Å². The van der Waals surface area contributed by atoms with E-state index in [0.29, 0.717) is 0 Å². The van der Waals surface area contributed by atoms with Gasteiger partial charge in [-0.25, -0.2) is 0 Å². The minimum atomic E-state index is 0. The highest BCUT2D eigenvalue weighted by molar-refractivity contribution is 5.77. The van der Waals surface area contributed by atoms with E-state index in [4.69, 9.17) is 0 Å². The van der Waals surface area contributed by atoms with Gasteiger partial charge in [0.25, 0.3) is 0 Å². The van der Waals surface area contributed by atoms with Crippen LogP contribution in [0.25, 0.3) is 5.57 Å². The van der Waals surface area contributed by atoms with Crippen molar-refractivity contribution in [1.82, 2.24) is 4.98 Å². The van der Waals surface area contributed by atoms with Crippen LogP contribution in [0.1, 0.15) is 33.8 Å². The molecule has 1 heteroatoms. The van der Waals surface area contributed by atoms with Crippen LogP contribution in [0.15, 0.2) is 127 Å². The summed E-state index contributed by atoms with van der Waals surface area (Å²) in [5.74, 6) is 0. The molecule has 28 heavy (non-hydrogen) atoms. The smallest absolute Gasteiger partial charge is 0.0267 e. The number of benzene rings is 1. The largest absolute Gasteiger partial charge is 0.265 e. The van der Waals surface area contributed by atoms with Gasteiger partial charge in [-0.05, 0) is 61.3 Å². The Morgan fingerprint density at radius 1 is 0.929 bits per heavy atom. The molecular weight excluding hydrogens is 338 g/mol. The molecule has 0 saturated heterocycles. The summed E-state index contributed by atoms with van der Waals surface area (Å²) in [6.45, 7) is 14.2. The summed E-state index contributed by atoms with van der Waals surface area (Å²) in [5, 5.41) is 0. The topological polar surface area (TPSA) is 12.9 Å². The summed E-state index contributed by atoms with van der Waals surface area (Å²) in [7, 11) is 0. The predicted octanol–water partition coefficient (Wildman–Crippen LogP) is 8.00. The standard InChI is InChI=1S/C21H24.C5H5N.CH4/c1-6-8-12-19(7-2)18(5)16-21(15-17(3)4)20-13-10-9-11-14-20;1-2-4-6-5-3-1;/h6-16H,2,5H2,1,3-4H3;1-5H;1H4/b8-6-,19-12+,21-16+;;. The third kappa shape index (κ3) is 10.1. The third-order valence-electron chi connectivity index (χ3n) is 3.51. The highest BCUT2D eigenvalue weighted by atomic mass is 14.6. The summed E-state index contributed by atoms with van der Waals surface area (Å²) in [5.41, 5.74) is 5.60. The van der Waals surface area contributed by atoms with Gasteiger partial charge < -0.3 is 0 Å². The monoisotopic (exact) mass is 371 g/mol. The Hall–Kier alpha value is -3.19. The number of hydrogen-bond acceptors (Lipinski definition) is 1. The highest BCUT2D eigenvalue weighted by Gasteiger charge is 2.01. The number of hydrogen-bond donors (Lipinski definition) is 0. The molecule has 0 aliphatic heterocycles. The van der Waals surface area contributed by atoms with Gasteiger partial charge in [-0.1, -0.05) is 92.9 Å². The molecule has 0 atom stereocenters. The summed E-state index contributed by atoms with van der Waals surface area (Å²) in [4.78, 5) is 3.78. The molecule has 0 unspecified atom stereocenters. The van der Waals surface area contributed by atoms with Crippen LogP contribution in [-0.4, -0.2) is 4.98 Å². The Morgan fingerprint density at radius 3 is 1.96 bits per heavy atom. The fraction of sp³-hybridized carbons (Fsp3) is 0.148. The minimum absolute atomic E-state index is 0. The van der Waals surface area contributed by atoms with Crippen LogP contribution < -0.4 is 0 Å². The lowest BCUT2D eigenvalue weighted by Crippen LogP contribution is -1.86. The molecule has 1 nitrogen and oxygen atoms in total. The molecule has 0 bridgehead atoms. The van der Waals surface area contributed by atoms with Gasteiger partial charge in [0.2, 0.25) is 0 Å². The average Bonchev–Trinajstić information content (AvgIpc) is 2.70. The Morgan fingerprint density at radius 2 is 1.54 bits per heavy atom. The second-order valence-electron chi connectivity index (χ2n) is 6.09. The van der Waals surface area contributed by atoms with E-state index in [-0.39, 0.29) is 7.43 Å². The molecule has 0 spiro atoms. The molecule has 0 aliphatic rings. The second-order valence-corrected chi connectivity index (χ2v) is 6.09. The van der Waals surface area contributed by atoms with Crippen LogP contribution >= 0.6 is 0 Å². The van der Waals surface area contributed by atoms with Crippen molar-refractivity contribution in [3.05, 3.63) is 133 Å². The SMILES string of the molecule is C.C=C/C(=C\C=C/C)C(=C)/C=C(\C=C(C)C)c1ccccc1.c1ccncc1. The van der Waals surface area contributed by atoms with Gasteiger partial charge in [0, 0.05) is 12.4 Å². The van der Waals surface area contributed by atoms with Crippen molar-refractivity contribution in [1.29, 1.82) is 0 Å². The van der Waals surface area contributed by atoms with Gasteiger partial charge in [-0.2, -0.15) is 0 Å². The first kappa shape index (κ1) is 24.8. The van der Waals surface area contributed by atoms with Crippen molar-refractivity contribution in [2.24, 2.45) is 0 Å². The van der Waals surface area contributed by atoms with E-state index >= 15 is 0 Å². The van der Waals surface area contributed by atoms with Crippen LogP contribution in [0.5, 0.6) is 0 Å². The number of aromatic nitrogens is 1. The van der Waals surface area contributed by atoms with E-state index in [9.17, 15) is 0 Å². The molecule has 0 saturated carbocycles. The fourth-order valence-electron chi connectivity index (χ4n) is 2.24. The normalized spacial score (nSPS) is 11.0. The molecule has 2 rings (SSSR count). The zero-order chi connectivity index (χ0) is 19.9. The first-order valence-corrected chi connectivity index (χ1v) is 9.00. The lowest BCUT2D eigenvalue weighted by Gasteiger charge is -2.07. The van der Waals surface area contributed by atoms with Crippen molar-refractivity contribution in [3.63, 3.8) is 0 Å². The fourth-order valence-corrected chi connectivity index (χ4v) is 2.24. The molecule has 0 aliphatic carbocycles. The zero-order valence-corrected chi connectivity index (χ0v) is 16.6. The second kappa shape index (κ2) is 14.9. The molecule has 2 aromatic rings. The van der Waals surface area contributed by atoms with Gasteiger partial charge in [-0.15, -0.1) is 0 Å². The van der Waals surface area contributed by atoms with E-state index in [1.165, 1.54) is 11.1 Å². The zero-order valence-electron chi connectivity index (χ0n) is 16.6. The maximum absolute atomic E-state index is 4.17. The summed E-state index contributed by atoms with van der Waals surface area (Å²) < 4.78 is 0. The Labute approximate surface area is 171 Å². The summed E-state index contributed by atoms with van der Waals surface area (Å²) in [6, 6.07) is 16.1. The van der Waals surface area contributed by atoms with E-state index in [0.717, 1.165) is 16.7 Å². The van der Waals surface area contributed by atoms with Crippen LogP contribution in [0.3, 0.4) is 0 Å². The van der Waals surface area contributed by atoms with E-state index < -0.39 is 0 Å². The first-order valence-electron chi connectivity index (χ1n) is 9.00. The summed E-state index contributed by atoms with van der Waals surface area (Å²) in [6.07, 6.45) is 15.6. The molecule has 1 heterocycles. The maximum Gasteiger partial charge on any atom is 0.0267 e. The van der Waals surface area contributed by atoms with Crippen molar-refractivity contribution in [2.75, 3.05) is 0 Å². The number of nitrogens with zero attached hydrogens (tertiary/aromatic N) is 1. The first-order chi connectivity index (χ1) is 13.1. The van der Waals surface area contributed by atoms with Crippen LogP contribution in [0.2, 0.25) is 0 Å². The number of allylic oxidation sites excluding steroid dienone is 10. The molecular formula is C27H33N. The molecule has 0 N–H and O–H groups in total. The van der Waals surface area contributed by atoms with Crippen LogP contribution in [0, 0.1) is 0 Å². The maximum atomic E-state index is 4.17. The molecule has 1 aromatic heterocycles. The van der Waals surface area contributed by atoms with Gasteiger partial charge in [0.05, 0.1) is 0 Å². The van der Waals surface area contributed by atoms with Gasteiger partial charge >= 0.3 is 0 Å². The third-order valence-corrected chi connectivity index (χ3v) is 3.51. The molecule has 0 radical (unpaired) electrons. The molecule has 0 fully saturated rings. The Kier molecular flexibility index (Phi) is 13.2. The molecule has 146 valence electrons. The van der Waals surface area contributed by atoms with Crippen LogP contribution in [-0.2, 0) is 0 Å².